The molecule has 12 nitrogen and oxygen atoms in total. The molecule has 49 heavy (non-hydrogen) atoms. The van der Waals surface area contributed by atoms with Gasteiger partial charge in [0.1, 0.15) is 17.2 Å². The first-order chi connectivity index (χ1) is 23.5. The maximum atomic E-state index is 12.6. The summed E-state index contributed by atoms with van der Waals surface area (Å²) in [6, 6.07) is 11.7. The van der Waals surface area contributed by atoms with Gasteiger partial charge in [-0.15, -0.1) is 0 Å². The Hall–Kier alpha value is -5.44. The molecule has 0 aromatic heterocycles. The lowest BCUT2D eigenvalue weighted by atomic mass is 10.1. The third kappa shape index (κ3) is 12.3. The summed E-state index contributed by atoms with van der Waals surface area (Å²) >= 11 is 0. The van der Waals surface area contributed by atoms with E-state index in [1.54, 1.807) is 56.3 Å². The fourth-order valence-electron chi connectivity index (χ4n) is 5.09. The lowest BCUT2D eigenvalue weighted by Gasteiger charge is -2.24. The summed E-state index contributed by atoms with van der Waals surface area (Å²) in [6.45, 7) is 7.42. The Balaban J connectivity index is 1.35. The molecule has 1 aliphatic rings. The number of carbonyl (C=O) groups is 5. The Morgan fingerprint density at radius 3 is 2.31 bits per heavy atom. The van der Waals surface area contributed by atoms with Gasteiger partial charge in [-0.05, 0) is 82.0 Å². The first kappa shape index (κ1) is 38.0. The minimum Gasteiger partial charge on any atom is -0.507 e. The molecule has 0 atom stereocenters. The van der Waals surface area contributed by atoms with Crippen molar-refractivity contribution in [1.82, 2.24) is 15.5 Å². The highest BCUT2D eigenvalue weighted by Gasteiger charge is 2.28. The van der Waals surface area contributed by atoms with Gasteiger partial charge in [-0.3, -0.25) is 29.5 Å². The van der Waals surface area contributed by atoms with Gasteiger partial charge < -0.3 is 25.4 Å². The highest BCUT2D eigenvalue weighted by Crippen LogP contribution is 2.27. The number of nitrogens with one attached hydrogen (secondary N) is 3. The van der Waals surface area contributed by atoms with Gasteiger partial charge in [0.2, 0.25) is 23.6 Å². The van der Waals surface area contributed by atoms with Gasteiger partial charge in [-0.1, -0.05) is 12.3 Å². The number of aromatic hydroxyl groups is 1. The Kier molecular flexibility index (Phi) is 15.0. The number of hydrogen-bond donors (Lipinski definition) is 4. The zero-order valence-corrected chi connectivity index (χ0v) is 28.4. The SMILES string of the molecule is CC#CC(=N)c1ccc(OC(=O)/C(C)=C/c2ccc(N(CC)CCNC(=O)CCCCCNC(=O)CCN3C(=O)CCC3=O)cc2O)cc1. The van der Waals surface area contributed by atoms with E-state index in [0.717, 1.165) is 23.4 Å². The van der Waals surface area contributed by atoms with Crippen LogP contribution in [0.25, 0.3) is 6.08 Å². The standard InChI is InChI=1S/C37H45N5O7/c1-4-9-31(38)27-12-15-30(16-13-27)49-37(48)26(3)24-28-11-14-29(25-32(28)43)41(5-2)23-21-40-33(44)10-7-6-8-20-39-34(45)19-22-42-35(46)17-18-36(42)47/h11-16,24-25,38,43H,5-8,10,17-23H2,1-3H3,(H,39,45)(H,40,44)/b26-24+,38-31?. The third-order valence-corrected chi connectivity index (χ3v) is 7.88. The number of unbranched alkanes of at least 4 members (excludes halogenated alkanes) is 2. The van der Waals surface area contributed by atoms with Gasteiger partial charge >= 0.3 is 5.97 Å². The highest BCUT2D eigenvalue weighted by atomic mass is 16.5. The number of ether oxygens (including phenoxy) is 1. The molecule has 1 aliphatic heterocycles. The van der Waals surface area contributed by atoms with Gasteiger partial charge in [0.05, 0.1) is 0 Å². The van der Waals surface area contributed by atoms with Crippen LogP contribution in [0.2, 0.25) is 0 Å². The van der Waals surface area contributed by atoms with Crippen molar-refractivity contribution in [2.45, 2.75) is 65.7 Å². The molecule has 2 aromatic carbocycles. The van der Waals surface area contributed by atoms with E-state index in [1.165, 1.54) is 0 Å². The van der Waals surface area contributed by atoms with Gasteiger partial charge in [0, 0.05) is 86.9 Å². The molecular weight excluding hydrogens is 626 g/mol. The molecule has 0 aliphatic carbocycles. The van der Waals surface area contributed by atoms with Gasteiger partial charge in [-0.25, -0.2) is 4.79 Å². The average Bonchev–Trinajstić information content (AvgIpc) is 3.41. The number of phenols is 1. The van der Waals surface area contributed by atoms with Crippen LogP contribution in [0.3, 0.4) is 0 Å². The van der Waals surface area contributed by atoms with Crippen LogP contribution >= 0.6 is 0 Å². The van der Waals surface area contributed by atoms with Crippen molar-refractivity contribution in [3.63, 3.8) is 0 Å². The number of nitrogens with zero attached hydrogens (tertiary/aromatic N) is 2. The summed E-state index contributed by atoms with van der Waals surface area (Å²) in [6.07, 6.45) is 4.60. The molecular formula is C37H45N5O7. The summed E-state index contributed by atoms with van der Waals surface area (Å²) in [7, 11) is 0. The molecule has 4 N–H and O–H groups in total. The van der Waals surface area contributed by atoms with Crippen LogP contribution in [0, 0.1) is 17.3 Å². The summed E-state index contributed by atoms with van der Waals surface area (Å²) in [5.41, 5.74) is 2.32. The van der Waals surface area contributed by atoms with Crippen molar-refractivity contribution in [3.05, 3.63) is 59.2 Å². The van der Waals surface area contributed by atoms with Crippen LogP contribution < -0.4 is 20.3 Å². The number of phenolic OH excluding ortho intramolecular Hbond substituents is 1. The number of carbonyl (C=O) groups excluding carboxylic acids is 5. The number of benzene rings is 2. The number of rotatable bonds is 18. The van der Waals surface area contributed by atoms with Crippen molar-refractivity contribution in [1.29, 1.82) is 5.41 Å². The van der Waals surface area contributed by atoms with Crippen molar-refractivity contribution in [2.75, 3.05) is 37.6 Å². The predicted octanol–water partition coefficient (Wildman–Crippen LogP) is 3.95. The molecule has 0 saturated carbocycles. The van der Waals surface area contributed by atoms with Gasteiger partial charge in [-0.2, -0.15) is 0 Å². The van der Waals surface area contributed by atoms with E-state index in [9.17, 15) is 29.1 Å². The highest BCUT2D eigenvalue weighted by molar-refractivity contribution is 6.11. The van der Waals surface area contributed by atoms with Gasteiger partial charge in [0.15, 0.2) is 0 Å². The molecule has 1 fully saturated rings. The predicted molar refractivity (Wildman–Crippen MR) is 187 cm³/mol. The Labute approximate surface area is 287 Å². The fraction of sp³-hybridized carbons (Fsp3) is 0.405. The number of esters is 1. The summed E-state index contributed by atoms with van der Waals surface area (Å²) < 4.78 is 5.43. The maximum absolute atomic E-state index is 12.6. The lowest BCUT2D eigenvalue weighted by molar-refractivity contribution is -0.138. The lowest BCUT2D eigenvalue weighted by Crippen LogP contribution is -2.35. The van der Waals surface area contributed by atoms with Crippen LogP contribution in [0.15, 0.2) is 48.0 Å². The number of likely N-dealkylation sites (tertiary alicyclic amines) is 1. The molecule has 1 saturated heterocycles. The average molecular weight is 672 g/mol. The molecule has 2 aromatic rings. The van der Waals surface area contributed by atoms with E-state index in [4.69, 9.17) is 10.1 Å². The van der Waals surface area contributed by atoms with Crippen LogP contribution in [0.1, 0.15) is 76.8 Å². The molecule has 0 radical (unpaired) electrons. The smallest absolute Gasteiger partial charge is 0.339 e. The largest absolute Gasteiger partial charge is 0.507 e. The number of amides is 4. The number of likely N-dealkylation sites (N-methyl/N-ethyl adjacent to an activating group) is 1. The second kappa shape index (κ2) is 19.4. The van der Waals surface area contributed by atoms with Crippen molar-refractivity contribution in [3.8, 4) is 23.3 Å². The van der Waals surface area contributed by atoms with Crippen LogP contribution in [-0.2, 0) is 24.0 Å². The zero-order valence-electron chi connectivity index (χ0n) is 28.4. The first-order valence-electron chi connectivity index (χ1n) is 16.5. The topological polar surface area (TPSA) is 169 Å². The third-order valence-electron chi connectivity index (χ3n) is 7.88. The second-order valence-electron chi connectivity index (χ2n) is 11.5. The Morgan fingerprint density at radius 1 is 0.980 bits per heavy atom. The van der Waals surface area contributed by atoms with E-state index < -0.39 is 5.97 Å². The monoisotopic (exact) mass is 671 g/mol. The van der Waals surface area contributed by atoms with E-state index in [1.807, 2.05) is 17.9 Å². The van der Waals surface area contributed by atoms with E-state index in [0.29, 0.717) is 61.5 Å². The number of anilines is 1. The molecule has 0 bridgehead atoms. The zero-order chi connectivity index (χ0) is 35.8. The Morgan fingerprint density at radius 2 is 1.65 bits per heavy atom. The number of imide groups is 1. The molecule has 1 heterocycles. The summed E-state index contributed by atoms with van der Waals surface area (Å²) in [5, 5.41) is 24.3. The molecule has 0 spiro atoms. The summed E-state index contributed by atoms with van der Waals surface area (Å²) in [5.74, 6) is 4.39. The molecule has 4 amide bonds. The molecule has 12 heteroatoms. The van der Waals surface area contributed by atoms with E-state index in [-0.39, 0.29) is 60.9 Å². The minimum atomic E-state index is -0.569. The minimum absolute atomic E-state index is 0.0000170. The number of hydrogen-bond acceptors (Lipinski definition) is 9. The quantitative estimate of drug-likeness (QED) is 0.0351. The van der Waals surface area contributed by atoms with Crippen molar-refractivity contribution >= 4 is 47.1 Å². The molecule has 3 rings (SSSR count). The van der Waals surface area contributed by atoms with Crippen LogP contribution in [-0.4, -0.2) is 78.0 Å². The molecule has 0 unspecified atom stereocenters. The molecule has 260 valence electrons. The van der Waals surface area contributed by atoms with E-state index >= 15 is 0 Å². The van der Waals surface area contributed by atoms with Crippen molar-refractivity contribution in [2.24, 2.45) is 0 Å². The fourth-order valence-corrected chi connectivity index (χ4v) is 5.09. The van der Waals surface area contributed by atoms with Gasteiger partial charge in [0.25, 0.3) is 0 Å². The van der Waals surface area contributed by atoms with Crippen LogP contribution in [0.5, 0.6) is 11.5 Å². The maximum Gasteiger partial charge on any atom is 0.339 e. The van der Waals surface area contributed by atoms with Crippen LogP contribution in [0.4, 0.5) is 5.69 Å². The van der Waals surface area contributed by atoms with Crippen molar-refractivity contribution < 1.29 is 33.8 Å². The first-order valence-corrected chi connectivity index (χ1v) is 16.5. The Bertz CT molecular complexity index is 1610. The van der Waals surface area contributed by atoms with E-state index in [2.05, 4.69) is 22.5 Å². The normalized spacial score (nSPS) is 12.6. The second-order valence-corrected chi connectivity index (χ2v) is 11.5. The summed E-state index contributed by atoms with van der Waals surface area (Å²) in [4.78, 5) is 63.3.